The lowest BCUT2D eigenvalue weighted by Crippen LogP contribution is -2.36. The molecular formula is C14H24N2O2. The van der Waals surface area contributed by atoms with Gasteiger partial charge in [-0.1, -0.05) is 13.8 Å². The molecule has 1 saturated heterocycles. The zero-order valence-corrected chi connectivity index (χ0v) is 11.4. The maximum absolute atomic E-state index is 9.68. The summed E-state index contributed by atoms with van der Waals surface area (Å²) >= 11 is 0. The van der Waals surface area contributed by atoms with E-state index >= 15 is 0 Å². The summed E-state index contributed by atoms with van der Waals surface area (Å²) in [5.74, 6) is 0.243. The second-order valence-electron chi connectivity index (χ2n) is 3.35. The number of nitrogens with two attached hydrogens (primary N) is 1. The Morgan fingerprint density at radius 3 is 2.28 bits per heavy atom. The summed E-state index contributed by atoms with van der Waals surface area (Å²) in [6, 6.07) is 5.21. The Morgan fingerprint density at radius 1 is 1.22 bits per heavy atom. The first-order valence-corrected chi connectivity index (χ1v) is 6.18. The van der Waals surface area contributed by atoms with Crippen LogP contribution in [0, 0.1) is 0 Å². The molecule has 0 aliphatic carbocycles. The maximum atomic E-state index is 9.68. The summed E-state index contributed by atoms with van der Waals surface area (Å²) in [7, 11) is 0. The number of rotatable bonds is 1. The summed E-state index contributed by atoms with van der Waals surface area (Å²) in [5, 5.41) is 9.68. The van der Waals surface area contributed by atoms with Crippen LogP contribution in [0.3, 0.4) is 0 Å². The van der Waals surface area contributed by atoms with Crippen LogP contribution in [0.1, 0.15) is 13.8 Å². The number of nitrogens with zero attached hydrogens (tertiary/aromatic N) is 1. The molecule has 0 amide bonds. The highest BCUT2D eigenvalue weighted by atomic mass is 16.5. The van der Waals surface area contributed by atoms with Gasteiger partial charge in [0.15, 0.2) is 0 Å². The Labute approximate surface area is 110 Å². The summed E-state index contributed by atoms with van der Waals surface area (Å²) in [6.45, 7) is 13.1. The fourth-order valence-corrected chi connectivity index (χ4v) is 1.61. The van der Waals surface area contributed by atoms with E-state index in [1.54, 1.807) is 12.1 Å². The molecule has 3 N–H and O–H groups in total. The third-order valence-electron chi connectivity index (χ3n) is 2.35. The number of morpholine rings is 1. The first-order chi connectivity index (χ1) is 8.77. The van der Waals surface area contributed by atoms with Crippen molar-refractivity contribution in [1.82, 2.24) is 0 Å². The van der Waals surface area contributed by atoms with E-state index in [2.05, 4.69) is 18.1 Å². The van der Waals surface area contributed by atoms with Crippen molar-refractivity contribution < 1.29 is 9.84 Å². The normalized spacial score (nSPS) is 13.8. The van der Waals surface area contributed by atoms with Gasteiger partial charge in [0.2, 0.25) is 0 Å². The van der Waals surface area contributed by atoms with Gasteiger partial charge in [-0.15, -0.1) is 13.2 Å². The molecule has 2 rings (SSSR count). The highest BCUT2D eigenvalue weighted by Gasteiger charge is 2.14. The average Bonchev–Trinajstić information content (AvgIpc) is 2.44. The quantitative estimate of drug-likeness (QED) is 0.596. The van der Waals surface area contributed by atoms with E-state index in [4.69, 9.17) is 10.5 Å². The zero-order valence-electron chi connectivity index (χ0n) is 11.4. The van der Waals surface area contributed by atoms with E-state index in [-0.39, 0.29) is 5.75 Å². The van der Waals surface area contributed by atoms with Crippen LogP contribution in [-0.4, -0.2) is 31.4 Å². The molecule has 1 fully saturated rings. The predicted molar refractivity (Wildman–Crippen MR) is 78.2 cm³/mol. The van der Waals surface area contributed by atoms with Crippen molar-refractivity contribution >= 4 is 11.4 Å². The minimum atomic E-state index is 0.243. The molecule has 0 spiro atoms. The largest absolute Gasteiger partial charge is 0.506 e. The highest BCUT2D eigenvalue weighted by Crippen LogP contribution is 2.29. The predicted octanol–water partition coefficient (Wildman–Crippen LogP) is 2.64. The van der Waals surface area contributed by atoms with Gasteiger partial charge in [-0.05, 0) is 12.1 Å². The van der Waals surface area contributed by atoms with Crippen molar-refractivity contribution in [3.8, 4) is 5.75 Å². The van der Waals surface area contributed by atoms with Crippen molar-refractivity contribution in [2.75, 3.05) is 36.9 Å². The molecule has 0 bridgehead atoms. The summed E-state index contributed by atoms with van der Waals surface area (Å²) in [4.78, 5) is 2.10. The monoisotopic (exact) mass is 252 g/mol. The van der Waals surface area contributed by atoms with Crippen LogP contribution in [0.25, 0.3) is 0 Å². The van der Waals surface area contributed by atoms with Gasteiger partial charge < -0.3 is 20.5 Å². The van der Waals surface area contributed by atoms with E-state index in [0.29, 0.717) is 18.9 Å². The lowest BCUT2D eigenvalue weighted by molar-refractivity contribution is 0.122. The number of hydrogen-bond donors (Lipinski definition) is 2. The van der Waals surface area contributed by atoms with Crippen LogP contribution < -0.4 is 10.6 Å². The lowest BCUT2D eigenvalue weighted by atomic mass is 10.2. The molecule has 4 heteroatoms. The molecule has 0 aromatic heterocycles. The van der Waals surface area contributed by atoms with Crippen LogP contribution in [0.15, 0.2) is 31.4 Å². The molecule has 0 saturated carbocycles. The zero-order chi connectivity index (χ0) is 14.0. The van der Waals surface area contributed by atoms with Gasteiger partial charge in [-0.2, -0.15) is 0 Å². The van der Waals surface area contributed by atoms with Crippen LogP contribution >= 0.6 is 0 Å². The molecule has 0 unspecified atom stereocenters. The minimum absolute atomic E-state index is 0.243. The molecule has 1 aliphatic heterocycles. The molecule has 0 radical (unpaired) electrons. The van der Waals surface area contributed by atoms with Crippen LogP contribution in [0.2, 0.25) is 0 Å². The number of aromatic hydroxyl groups is 1. The van der Waals surface area contributed by atoms with E-state index in [1.165, 1.54) is 0 Å². The molecule has 1 heterocycles. The van der Waals surface area contributed by atoms with Gasteiger partial charge >= 0.3 is 0 Å². The summed E-state index contributed by atoms with van der Waals surface area (Å²) < 4.78 is 5.24. The topological polar surface area (TPSA) is 58.7 Å². The van der Waals surface area contributed by atoms with Gasteiger partial charge in [0.25, 0.3) is 0 Å². The molecule has 4 nitrogen and oxygen atoms in total. The van der Waals surface area contributed by atoms with Gasteiger partial charge in [0, 0.05) is 24.8 Å². The second kappa shape index (κ2) is 9.36. The standard InChI is InChI=1S/C10H14N2O2.C2H6.C2H4/c11-8-1-2-9(10(13)7-8)12-3-5-14-6-4-12;2*1-2/h1-2,7,13H,3-6,11H2;1-2H3;1-2H2. The number of ether oxygens (including phenoxy) is 1. The number of hydrogen-bond acceptors (Lipinski definition) is 4. The SMILES string of the molecule is C=C.CC.Nc1ccc(N2CCOCC2)c(O)c1. The third kappa shape index (κ3) is 4.67. The second-order valence-corrected chi connectivity index (χ2v) is 3.35. The third-order valence-corrected chi connectivity index (χ3v) is 2.35. The van der Waals surface area contributed by atoms with E-state index in [9.17, 15) is 5.11 Å². The Kier molecular flexibility index (Phi) is 8.49. The molecule has 102 valence electrons. The first-order valence-electron chi connectivity index (χ1n) is 6.18. The highest BCUT2D eigenvalue weighted by molar-refractivity contribution is 5.63. The average molecular weight is 252 g/mol. The molecule has 1 aromatic rings. The van der Waals surface area contributed by atoms with E-state index in [1.807, 2.05) is 19.9 Å². The number of nitrogen functional groups attached to an aromatic ring is 1. The van der Waals surface area contributed by atoms with Gasteiger partial charge in [0.05, 0.1) is 18.9 Å². The van der Waals surface area contributed by atoms with Crippen molar-refractivity contribution in [2.24, 2.45) is 0 Å². The van der Waals surface area contributed by atoms with Gasteiger partial charge in [-0.25, -0.2) is 0 Å². The summed E-state index contributed by atoms with van der Waals surface area (Å²) in [6.07, 6.45) is 0. The smallest absolute Gasteiger partial charge is 0.140 e. The Hall–Kier alpha value is -1.68. The van der Waals surface area contributed by atoms with Gasteiger partial charge in [0.1, 0.15) is 5.75 Å². The van der Waals surface area contributed by atoms with Gasteiger partial charge in [-0.3, -0.25) is 0 Å². The Morgan fingerprint density at radius 2 is 1.78 bits per heavy atom. The number of phenolic OH excluding ortho intramolecular Hbond substituents is 1. The number of anilines is 2. The molecular weight excluding hydrogens is 228 g/mol. The maximum Gasteiger partial charge on any atom is 0.140 e. The van der Waals surface area contributed by atoms with Crippen molar-refractivity contribution in [3.05, 3.63) is 31.4 Å². The van der Waals surface area contributed by atoms with Crippen LogP contribution in [0.4, 0.5) is 11.4 Å². The van der Waals surface area contributed by atoms with E-state index < -0.39 is 0 Å². The molecule has 18 heavy (non-hydrogen) atoms. The van der Waals surface area contributed by atoms with Crippen molar-refractivity contribution in [3.63, 3.8) is 0 Å². The fourth-order valence-electron chi connectivity index (χ4n) is 1.61. The van der Waals surface area contributed by atoms with Crippen LogP contribution in [-0.2, 0) is 4.74 Å². The Bertz CT molecular complexity index is 337. The van der Waals surface area contributed by atoms with Crippen molar-refractivity contribution in [1.29, 1.82) is 0 Å². The Balaban J connectivity index is 0.000000659. The fraction of sp³-hybridized carbons (Fsp3) is 0.429. The molecule has 1 aromatic carbocycles. The summed E-state index contributed by atoms with van der Waals surface area (Å²) in [5.41, 5.74) is 6.97. The number of benzene rings is 1. The molecule has 0 atom stereocenters. The lowest BCUT2D eigenvalue weighted by Gasteiger charge is -2.29. The molecule has 1 aliphatic rings. The number of phenols is 1. The van der Waals surface area contributed by atoms with Crippen LogP contribution in [0.5, 0.6) is 5.75 Å². The minimum Gasteiger partial charge on any atom is -0.506 e. The van der Waals surface area contributed by atoms with E-state index in [0.717, 1.165) is 18.8 Å². The first kappa shape index (κ1) is 16.3. The van der Waals surface area contributed by atoms with Crippen molar-refractivity contribution in [2.45, 2.75) is 13.8 Å².